The molecule has 2 heterocycles. The normalized spacial score (nSPS) is 15.6. The number of aliphatic hydroxyl groups is 1. The van der Waals surface area contributed by atoms with E-state index in [4.69, 9.17) is 5.73 Å². The van der Waals surface area contributed by atoms with Crippen LogP contribution in [0.2, 0.25) is 0 Å². The summed E-state index contributed by atoms with van der Waals surface area (Å²) in [6, 6.07) is 26.8. The third-order valence-electron chi connectivity index (χ3n) is 10.6. The van der Waals surface area contributed by atoms with E-state index in [0.717, 1.165) is 64.8 Å². The molecule has 2 amide bonds. The second-order valence-corrected chi connectivity index (χ2v) is 14.0. The average molecular weight is 683 g/mol. The van der Waals surface area contributed by atoms with Crippen LogP contribution in [0.1, 0.15) is 67.3 Å². The smallest absolute Gasteiger partial charge is 0.246 e. The van der Waals surface area contributed by atoms with E-state index in [-0.39, 0.29) is 18.2 Å². The molecule has 4 aromatic carbocycles. The number of benzene rings is 4. The largest absolute Gasteiger partial charge is 0.383 e. The highest BCUT2D eigenvalue weighted by atomic mass is 16.3. The van der Waals surface area contributed by atoms with Crippen molar-refractivity contribution in [3.05, 3.63) is 132 Å². The zero-order valence-electron chi connectivity index (χ0n) is 28.8. The highest BCUT2D eigenvalue weighted by molar-refractivity contribution is 6.00. The molecule has 9 nitrogen and oxygen atoms in total. The number of imidazole rings is 2. The Kier molecular flexibility index (Phi) is 10.7. The van der Waals surface area contributed by atoms with Gasteiger partial charge in [-0.1, -0.05) is 117 Å². The zero-order chi connectivity index (χ0) is 35.2. The molecule has 0 saturated heterocycles. The summed E-state index contributed by atoms with van der Waals surface area (Å²) in [4.78, 5) is 46.2. The predicted octanol–water partition coefficient (Wildman–Crippen LogP) is 6.84. The number of hydrogen-bond donors (Lipinski definition) is 4. The number of nitrogens with zero attached hydrogens (tertiary/aromatic N) is 3. The minimum atomic E-state index is -1.22. The van der Waals surface area contributed by atoms with Crippen molar-refractivity contribution in [3.8, 4) is 0 Å². The minimum Gasteiger partial charge on any atom is -0.383 e. The number of carbonyl (C=O) groups is 2. The van der Waals surface area contributed by atoms with Crippen molar-refractivity contribution in [2.75, 3.05) is 0 Å². The lowest BCUT2D eigenvalue weighted by Crippen LogP contribution is -2.56. The van der Waals surface area contributed by atoms with Crippen molar-refractivity contribution in [3.63, 3.8) is 0 Å². The number of aromatic nitrogens is 4. The number of H-pyrrole nitrogens is 2. The van der Waals surface area contributed by atoms with Crippen LogP contribution in [0.3, 0.4) is 0 Å². The molecule has 1 saturated carbocycles. The summed E-state index contributed by atoms with van der Waals surface area (Å²) in [6.45, 7) is 0. The number of nitrogens with one attached hydrogen (secondary N) is 2. The van der Waals surface area contributed by atoms with E-state index in [9.17, 15) is 9.90 Å². The summed E-state index contributed by atoms with van der Waals surface area (Å²) < 4.78 is 0. The van der Waals surface area contributed by atoms with Crippen LogP contribution in [-0.2, 0) is 28.9 Å². The van der Waals surface area contributed by atoms with Gasteiger partial charge in [0, 0.05) is 36.6 Å². The molecule has 5 N–H and O–H groups in total. The van der Waals surface area contributed by atoms with Gasteiger partial charge in [-0.25, -0.2) is 9.97 Å². The molecule has 2 unspecified atom stereocenters. The maximum absolute atomic E-state index is 15.5. The number of amides is 2. The fraction of sp³-hybridized carbons (Fsp3) is 0.333. The molecule has 1 aliphatic carbocycles. The highest BCUT2D eigenvalue weighted by Crippen LogP contribution is 2.35. The van der Waals surface area contributed by atoms with Crippen molar-refractivity contribution < 1.29 is 14.7 Å². The summed E-state index contributed by atoms with van der Waals surface area (Å²) >= 11 is 0. The zero-order valence-corrected chi connectivity index (χ0v) is 28.8. The van der Waals surface area contributed by atoms with E-state index in [0.29, 0.717) is 30.8 Å². The molecule has 262 valence electrons. The summed E-state index contributed by atoms with van der Waals surface area (Å²) in [6.07, 6.45) is 11.9. The predicted molar refractivity (Wildman–Crippen MR) is 199 cm³/mol. The van der Waals surface area contributed by atoms with Crippen LogP contribution in [0.15, 0.2) is 110 Å². The third kappa shape index (κ3) is 7.80. The van der Waals surface area contributed by atoms with Gasteiger partial charge in [0.05, 0.1) is 18.4 Å². The molecule has 0 aliphatic heterocycles. The fourth-order valence-corrected chi connectivity index (χ4v) is 8.01. The second-order valence-electron chi connectivity index (χ2n) is 14.0. The van der Waals surface area contributed by atoms with Gasteiger partial charge in [-0.05, 0) is 57.9 Å². The van der Waals surface area contributed by atoms with Crippen molar-refractivity contribution in [2.24, 2.45) is 17.6 Å². The van der Waals surface area contributed by atoms with Crippen LogP contribution in [-0.4, -0.2) is 53.8 Å². The Bertz CT molecular complexity index is 1960. The number of aliphatic hydroxyl groups excluding tert-OH is 1. The number of hydrogen-bond acceptors (Lipinski definition) is 6. The van der Waals surface area contributed by atoms with E-state index in [1.807, 2.05) is 36.4 Å². The summed E-state index contributed by atoms with van der Waals surface area (Å²) in [5.74, 6) is -0.921. The Hall–Kier alpha value is -5.12. The Morgan fingerprint density at radius 2 is 1.43 bits per heavy atom. The molecular formula is C42H46N6O3. The van der Waals surface area contributed by atoms with E-state index >= 15 is 4.79 Å². The molecule has 7 rings (SSSR count). The maximum Gasteiger partial charge on any atom is 0.246 e. The first-order valence-electron chi connectivity index (χ1n) is 18.2. The van der Waals surface area contributed by atoms with Gasteiger partial charge in [0.1, 0.15) is 11.9 Å². The lowest BCUT2D eigenvalue weighted by molar-refractivity contribution is -0.155. The van der Waals surface area contributed by atoms with Gasteiger partial charge in [0.15, 0.2) is 0 Å². The SMILES string of the molecule is N[C@@H](Cc1cnc[nH]1)C(=O)N(C(=O)C(Cc1cccc2ccccc12)Cc1cccc2ccccc12)C(CC1CCCCC1)C(O)c1ncc[nH]1. The molecule has 1 fully saturated rings. The second kappa shape index (κ2) is 15.8. The van der Waals surface area contributed by atoms with Gasteiger partial charge >= 0.3 is 0 Å². The van der Waals surface area contributed by atoms with E-state index in [1.165, 1.54) is 4.90 Å². The third-order valence-corrected chi connectivity index (χ3v) is 10.6. The summed E-state index contributed by atoms with van der Waals surface area (Å²) in [5, 5.41) is 16.4. The van der Waals surface area contributed by atoms with Gasteiger partial charge in [-0.15, -0.1) is 0 Å². The average Bonchev–Trinajstić information content (AvgIpc) is 3.90. The van der Waals surface area contributed by atoms with Crippen LogP contribution in [0.5, 0.6) is 0 Å². The van der Waals surface area contributed by atoms with Crippen LogP contribution >= 0.6 is 0 Å². The summed E-state index contributed by atoms with van der Waals surface area (Å²) in [7, 11) is 0. The van der Waals surface area contributed by atoms with E-state index in [1.54, 1.807) is 24.9 Å². The monoisotopic (exact) mass is 682 g/mol. The molecule has 2 aromatic heterocycles. The van der Waals surface area contributed by atoms with Gasteiger partial charge in [-0.2, -0.15) is 0 Å². The lowest BCUT2D eigenvalue weighted by atomic mass is 9.82. The maximum atomic E-state index is 15.5. The van der Waals surface area contributed by atoms with Crippen LogP contribution in [0.4, 0.5) is 0 Å². The molecule has 9 heteroatoms. The van der Waals surface area contributed by atoms with Gasteiger partial charge < -0.3 is 20.8 Å². The molecule has 51 heavy (non-hydrogen) atoms. The molecule has 0 spiro atoms. The minimum absolute atomic E-state index is 0.174. The van der Waals surface area contributed by atoms with Crippen LogP contribution < -0.4 is 5.73 Å². The van der Waals surface area contributed by atoms with Crippen LogP contribution in [0.25, 0.3) is 21.5 Å². The van der Waals surface area contributed by atoms with Crippen LogP contribution in [0, 0.1) is 11.8 Å². The van der Waals surface area contributed by atoms with Crippen molar-refractivity contribution in [1.29, 1.82) is 0 Å². The van der Waals surface area contributed by atoms with Crippen molar-refractivity contribution in [1.82, 2.24) is 24.8 Å². The molecule has 0 radical (unpaired) electrons. The Balaban J connectivity index is 1.34. The number of imide groups is 1. The quantitative estimate of drug-likeness (QED) is 0.105. The van der Waals surface area contributed by atoms with Crippen molar-refractivity contribution >= 4 is 33.4 Å². The molecule has 6 aromatic rings. The molecule has 0 bridgehead atoms. The number of nitrogens with two attached hydrogens (primary N) is 1. The van der Waals surface area contributed by atoms with Gasteiger partial charge in [-0.3, -0.25) is 14.5 Å². The Morgan fingerprint density at radius 1 is 0.804 bits per heavy atom. The van der Waals surface area contributed by atoms with Gasteiger partial charge in [0.2, 0.25) is 11.8 Å². The first-order chi connectivity index (χ1) is 25.0. The number of rotatable bonds is 13. The molecular weight excluding hydrogens is 637 g/mol. The number of aromatic amines is 2. The summed E-state index contributed by atoms with van der Waals surface area (Å²) in [5.41, 5.74) is 9.44. The first kappa shape index (κ1) is 34.3. The van der Waals surface area contributed by atoms with Gasteiger partial charge in [0.25, 0.3) is 0 Å². The number of carbonyl (C=O) groups excluding carboxylic acids is 2. The van der Waals surface area contributed by atoms with E-state index in [2.05, 4.69) is 68.5 Å². The standard InChI is InChI=1S/C42H46N6O3/c43-37(25-34-26-44-27-47-34)42(51)48(38(22-28-10-2-1-3-11-28)39(49)40-45-20-21-46-40)41(50)33(23-31-16-8-14-29-12-4-6-18-35(29)31)24-32-17-9-15-30-13-5-7-19-36(30)32/h4-9,12-21,26-28,33,37-39,49H,1-3,10-11,22-25,43H2,(H,44,47)(H,45,46)/t37-,38?,39?/m0/s1. The topological polar surface area (TPSA) is 141 Å². The van der Waals surface area contributed by atoms with Crippen molar-refractivity contribution in [2.45, 2.75) is 76.0 Å². The fourth-order valence-electron chi connectivity index (χ4n) is 8.01. The molecule has 1 aliphatic rings. The number of fused-ring (bicyclic) bond motifs is 2. The molecule has 3 atom stereocenters. The van der Waals surface area contributed by atoms with E-state index < -0.39 is 30.0 Å². The lowest BCUT2D eigenvalue weighted by Gasteiger charge is -2.39. The first-order valence-corrected chi connectivity index (χ1v) is 18.2. The highest BCUT2D eigenvalue weighted by Gasteiger charge is 2.42. The Morgan fingerprint density at radius 3 is 2.02 bits per heavy atom. The Labute approximate surface area is 298 Å².